The van der Waals surface area contributed by atoms with Gasteiger partial charge in [0.2, 0.25) is 5.91 Å². The number of benzene rings is 2. The summed E-state index contributed by atoms with van der Waals surface area (Å²) in [5.74, 6) is -10.2. The van der Waals surface area contributed by atoms with Crippen LogP contribution in [0, 0.1) is 23.5 Å². The Morgan fingerprint density at radius 1 is 0.863 bits per heavy atom. The van der Waals surface area contributed by atoms with Gasteiger partial charge in [-0.1, -0.05) is 6.92 Å². The molecule has 2 aliphatic heterocycles. The van der Waals surface area contributed by atoms with Crippen LogP contribution in [-0.2, 0) is 9.59 Å². The van der Waals surface area contributed by atoms with Gasteiger partial charge in [-0.15, -0.1) is 0 Å². The van der Waals surface area contributed by atoms with Crippen molar-refractivity contribution in [2.24, 2.45) is 11.8 Å². The van der Waals surface area contributed by atoms with Crippen molar-refractivity contribution in [3.63, 3.8) is 0 Å². The van der Waals surface area contributed by atoms with Gasteiger partial charge >= 0.3 is 5.97 Å². The number of aliphatic hydroxyl groups excluding tert-OH is 1. The summed E-state index contributed by atoms with van der Waals surface area (Å²) in [6.45, 7) is 5.56. The number of aromatic hydroxyl groups is 4. The van der Waals surface area contributed by atoms with Gasteiger partial charge in [-0.05, 0) is 69.7 Å². The maximum Gasteiger partial charge on any atom is 0.352 e. The third-order valence-electron chi connectivity index (χ3n) is 9.31. The lowest BCUT2D eigenvalue weighted by atomic mass is 9.77. The number of fused-ring (bicyclic) bond motifs is 1. The normalized spacial score (nSPS) is 18.9. The number of nitrogens with one attached hydrogen (secondary N) is 2. The molecule has 2 unspecified atom stereocenters. The first-order valence-electron chi connectivity index (χ1n) is 16.4. The van der Waals surface area contributed by atoms with Crippen LogP contribution in [0.15, 0.2) is 35.5 Å². The van der Waals surface area contributed by atoms with Gasteiger partial charge in [0.1, 0.15) is 5.70 Å². The van der Waals surface area contributed by atoms with Crippen LogP contribution in [0.25, 0.3) is 0 Å². The quantitative estimate of drug-likeness (QED) is 0.0656. The monoisotopic (exact) mass is 719 g/mol. The minimum atomic E-state index is -1.25. The summed E-state index contributed by atoms with van der Waals surface area (Å²) in [6, 6.07) is 3.64. The van der Waals surface area contributed by atoms with Gasteiger partial charge in [-0.25, -0.2) is 13.6 Å². The molecular weight excluding hydrogens is 676 g/mol. The molecular formula is C34H43F2N5O10. The van der Waals surface area contributed by atoms with Gasteiger partial charge in [0.25, 0.3) is 11.8 Å². The number of carboxylic acid groups (broad SMARTS) is 1. The highest BCUT2D eigenvalue weighted by atomic mass is 19.1. The molecule has 15 nitrogen and oxygen atoms in total. The lowest BCUT2D eigenvalue weighted by Gasteiger charge is -2.46. The second kappa shape index (κ2) is 16.3. The molecule has 1 fully saturated rings. The molecule has 17 heteroatoms. The van der Waals surface area contributed by atoms with E-state index in [0.29, 0.717) is 44.6 Å². The Bertz CT molecular complexity index is 1630. The molecule has 3 amide bonds. The van der Waals surface area contributed by atoms with E-state index in [4.69, 9.17) is 0 Å². The predicted molar refractivity (Wildman–Crippen MR) is 177 cm³/mol. The molecule has 0 saturated carbocycles. The summed E-state index contributed by atoms with van der Waals surface area (Å²) in [6.07, 6.45) is -0.122. The molecule has 4 atom stereocenters. The van der Waals surface area contributed by atoms with Crippen LogP contribution in [-0.4, -0.2) is 134 Å². The molecule has 0 aliphatic carbocycles. The number of nitrogens with zero attached hydrogens (tertiary/aromatic N) is 3. The number of aliphatic carboxylic acids is 1. The fraction of sp³-hybridized carbons (Fsp3) is 0.471. The molecule has 0 aromatic heterocycles. The number of phenolic OH excluding ortho intramolecular Hbond substituents is 4. The topological polar surface area (TPSA) is 223 Å². The minimum Gasteiger partial charge on any atom is -0.504 e. The highest BCUT2D eigenvalue weighted by Gasteiger charge is 2.59. The second-order valence-corrected chi connectivity index (χ2v) is 12.8. The zero-order valence-electron chi connectivity index (χ0n) is 28.4. The fourth-order valence-corrected chi connectivity index (χ4v) is 6.53. The number of carbonyl (C=O) groups excluding carboxylic acids is 3. The van der Waals surface area contributed by atoms with Gasteiger partial charge in [-0.3, -0.25) is 14.4 Å². The molecule has 8 N–H and O–H groups in total. The van der Waals surface area contributed by atoms with Crippen molar-refractivity contribution in [2.45, 2.75) is 38.8 Å². The number of carboxylic acids is 1. The molecule has 0 spiro atoms. The third-order valence-corrected chi connectivity index (χ3v) is 9.31. The summed E-state index contributed by atoms with van der Waals surface area (Å²) in [7, 11) is 1.80. The Hall–Kier alpha value is -5.00. The smallest absolute Gasteiger partial charge is 0.352 e. The van der Waals surface area contributed by atoms with Crippen molar-refractivity contribution in [1.82, 2.24) is 25.3 Å². The van der Waals surface area contributed by atoms with Crippen molar-refractivity contribution in [3.05, 3.63) is 58.3 Å². The Labute approximate surface area is 292 Å². The van der Waals surface area contributed by atoms with Crippen LogP contribution >= 0.6 is 0 Å². The number of phenols is 4. The Morgan fingerprint density at radius 2 is 1.35 bits per heavy atom. The number of β-lactam (4-membered cyclic amide) rings is 1. The number of hydrogen-bond acceptors (Lipinski definition) is 11. The predicted octanol–water partition coefficient (Wildman–Crippen LogP) is 1.16. The lowest BCUT2D eigenvalue weighted by Crippen LogP contribution is -2.63. The zero-order valence-corrected chi connectivity index (χ0v) is 28.4. The van der Waals surface area contributed by atoms with Gasteiger partial charge in [0.15, 0.2) is 34.6 Å². The van der Waals surface area contributed by atoms with E-state index in [0.717, 1.165) is 24.3 Å². The summed E-state index contributed by atoms with van der Waals surface area (Å²) in [4.78, 5) is 55.1. The molecule has 2 heterocycles. The van der Waals surface area contributed by atoms with Crippen molar-refractivity contribution >= 4 is 23.7 Å². The summed E-state index contributed by atoms with van der Waals surface area (Å²) in [5.41, 5.74) is -0.384. The summed E-state index contributed by atoms with van der Waals surface area (Å²) < 4.78 is 28.5. The highest BCUT2D eigenvalue weighted by Crippen LogP contribution is 2.47. The van der Waals surface area contributed by atoms with Crippen molar-refractivity contribution < 1.29 is 58.6 Å². The zero-order chi connectivity index (χ0) is 37.7. The number of aliphatic hydroxyl groups is 1. The molecule has 1 saturated heterocycles. The van der Waals surface area contributed by atoms with E-state index in [9.17, 15) is 58.6 Å². The molecule has 4 rings (SSSR count). The van der Waals surface area contributed by atoms with Crippen LogP contribution in [0.3, 0.4) is 0 Å². The van der Waals surface area contributed by atoms with E-state index in [1.807, 2.05) is 16.7 Å². The summed E-state index contributed by atoms with van der Waals surface area (Å²) >= 11 is 0. The van der Waals surface area contributed by atoms with E-state index in [-0.39, 0.29) is 31.2 Å². The average Bonchev–Trinajstić information content (AvgIpc) is 3.31. The van der Waals surface area contributed by atoms with E-state index in [2.05, 4.69) is 10.6 Å². The molecule has 0 bridgehead atoms. The standard InChI is InChI=1S/C34H43F2N5O10/c1-17-21(28(34(50)51)41-27(17)24(18(2)42)33(41)49)16-39(3)14-15-40(12-4-10-37-31(47)19-6-8-22(43)29(45)25(19)35)13-5-11-38-32(48)20-7-9-23(44)30(46)26(20)36/h6-9,17-18,24,27,42-46H,4-5,10-16H2,1-3H3,(H,37,47)(H,38,48)(H,50,51)/t17-,18?,24?,27+/m0/s1. The molecule has 0 radical (unpaired) electrons. The number of amides is 3. The molecule has 2 aromatic rings. The van der Waals surface area contributed by atoms with Crippen molar-refractivity contribution in [2.75, 3.05) is 52.9 Å². The number of hydrogen-bond donors (Lipinski definition) is 8. The molecule has 278 valence electrons. The molecule has 51 heavy (non-hydrogen) atoms. The lowest BCUT2D eigenvalue weighted by molar-refractivity contribution is -0.163. The van der Waals surface area contributed by atoms with Gasteiger partial charge in [-0.2, -0.15) is 0 Å². The van der Waals surface area contributed by atoms with Crippen LogP contribution in [0.2, 0.25) is 0 Å². The van der Waals surface area contributed by atoms with Crippen molar-refractivity contribution in [3.8, 4) is 23.0 Å². The van der Waals surface area contributed by atoms with Crippen LogP contribution < -0.4 is 10.6 Å². The fourth-order valence-electron chi connectivity index (χ4n) is 6.53. The summed E-state index contributed by atoms with van der Waals surface area (Å²) in [5, 5.41) is 63.3. The average molecular weight is 720 g/mol. The Morgan fingerprint density at radius 3 is 1.80 bits per heavy atom. The number of carbonyl (C=O) groups is 4. The van der Waals surface area contributed by atoms with E-state index >= 15 is 0 Å². The first-order chi connectivity index (χ1) is 24.1. The number of halogens is 2. The van der Waals surface area contributed by atoms with Gasteiger partial charge < -0.3 is 56.0 Å². The van der Waals surface area contributed by atoms with E-state index < -0.39 is 87.5 Å². The van der Waals surface area contributed by atoms with Crippen LogP contribution in [0.1, 0.15) is 47.4 Å². The third kappa shape index (κ3) is 8.32. The largest absolute Gasteiger partial charge is 0.504 e. The molecule has 2 aromatic carbocycles. The second-order valence-electron chi connectivity index (χ2n) is 12.8. The van der Waals surface area contributed by atoms with Crippen molar-refractivity contribution in [1.29, 1.82) is 0 Å². The van der Waals surface area contributed by atoms with Gasteiger partial charge in [0, 0.05) is 38.6 Å². The Kier molecular flexibility index (Phi) is 12.4. The van der Waals surface area contributed by atoms with Crippen LogP contribution in [0.5, 0.6) is 23.0 Å². The maximum absolute atomic E-state index is 14.3. The maximum atomic E-state index is 14.3. The SMILES string of the molecule is CC(O)C1C(=O)N2C(C(=O)O)=C(CN(C)CCN(CCCNC(=O)c3ccc(O)c(O)c3F)CCCNC(=O)c3ccc(O)c(O)c3F)[C@H](C)[C@H]12. The first-order valence-corrected chi connectivity index (χ1v) is 16.4. The highest BCUT2D eigenvalue weighted by molar-refractivity contribution is 6.00. The van der Waals surface area contributed by atoms with Gasteiger partial charge in [0.05, 0.1) is 29.2 Å². The van der Waals surface area contributed by atoms with Crippen LogP contribution in [0.4, 0.5) is 8.78 Å². The molecule has 2 aliphatic rings. The van der Waals surface area contributed by atoms with E-state index in [1.54, 1.807) is 7.05 Å². The number of rotatable bonds is 17. The Balaban J connectivity index is 1.36. The minimum absolute atomic E-state index is 0.0682. The van der Waals surface area contributed by atoms with E-state index in [1.165, 1.54) is 11.8 Å². The number of likely N-dealkylation sites (N-methyl/N-ethyl adjacent to an activating group) is 1. The first kappa shape index (κ1) is 38.8.